The first-order chi connectivity index (χ1) is 12.3. The van der Waals surface area contributed by atoms with Crippen LogP contribution in [-0.4, -0.2) is 20.9 Å². The minimum Gasteiger partial charge on any atom is -0.484 e. The first-order valence-electron chi connectivity index (χ1n) is 8.49. The fourth-order valence-electron chi connectivity index (χ4n) is 3.10. The van der Waals surface area contributed by atoms with Gasteiger partial charge in [0, 0.05) is 0 Å². The zero-order valence-corrected chi connectivity index (χ0v) is 15.4. The Morgan fingerprint density at radius 2 is 1.85 bits per heavy atom. The molecule has 7 heteroatoms. The van der Waals surface area contributed by atoms with Crippen LogP contribution < -0.4 is 15.2 Å². The van der Waals surface area contributed by atoms with E-state index in [0.717, 1.165) is 18.4 Å². The number of aryl methyl sites for hydroxylation is 2. The molecule has 0 fully saturated rings. The van der Waals surface area contributed by atoms with Crippen LogP contribution in [0.3, 0.4) is 0 Å². The van der Waals surface area contributed by atoms with Gasteiger partial charge in [0.15, 0.2) is 6.61 Å². The molecule has 3 N–H and O–H groups in total. The molecule has 0 bridgehead atoms. The summed E-state index contributed by atoms with van der Waals surface area (Å²) in [6.07, 6.45) is 3.34. The normalized spacial score (nSPS) is 14.5. The second-order valence-electron chi connectivity index (χ2n) is 6.48. The summed E-state index contributed by atoms with van der Waals surface area (Å²) >= 11 is 0. The molecule has 0 heterocycles. The van der Waals surface area contributed by atoms with Gasteiger partial charge in [-0.05, 0) is 67.1 Å². The first-order valence-corrected chi connectivity index (χ1v) is 10.0. The van der Waals surface area contributed by atoms with Gasteiger partial charge in [0.05, 0.1) is 10.9 Å². The Bertz CT molecular complexity index is 908. The smallest absolute Gasteiger partial charge is 0.258 e. The topological polar surface area (TPSA) is 98.5 Å². The molecule has 0 saturated carbocycles. The lowest BCUT2D eigenvalue weighted by Crippen LogP contribution is -2.31. The molecule has 0 spiro atoms. The summed E-state index contributed by atoms with van der Waals surface area (Å²) in [4.78, 5) is 12.1. The van der Waals surface area contributed by atoms with E-state index in [-0.39, 0.29) is 23.5 Å². The van der Waals surface area contributed by atoms with Gasteiger partial charge < -0.3 is 10.1 Å². The number of hydrogen-bond donors (Lipinski definition) is 2. The third-order valence-electron chi connectivity index (χ3n) is 4.53. The van der Waals surface area contributed by atoms with E-state index in [1.54, 1.807) is 12.1 Å². The highest BCUT2D eigenvalue weighted by molar-refractivity contribution is 7.89. The third kappa shape index (κ3) is 4.42. The van der Waals surface area contributed by atoms with E-state index in [4.69, 9.17) is 9.88 Å². The standard InChI is InChI=1S/C19H22N2O4S/c1-13(14-6-9-18(10-7-14)26(20,23)24)21-19(22)12-25-17-8-5-15-3-2-4-16(15)11-17/h5-11,13H,2-4,12H2,1H3,(H,21,22)(H2,20,23,24). The number of nitrogens with one attached hydrogen (secondary N) is 1. The van der Waals surface area contributed by atoms with Crippen molar-refractivity contribution >= 4 is 15.9 Å². The van der Waals surface area contributed by atoms with Crippen LogP contribution in [0.15, 0.2) is 47.4 Å². The Balaban J connectivity index is 1.54. The van der Waals surface area contributed by atoms with Gasteiger partial charge in [0.2, 0.25) is 10.0 Å². The van der Waals surface area contributed by atoms with E-state index in [2.05, 4.69) is 11.4 Å². The van der Waals surface area contributed by atoms with E-state index < -0.39 is 10.0 Å². The molecule has 3 rings (SSSR count). The van der Waals surface area contributed by atoms with Crippen molar-refractivity contribution in [1.29, 1.82) is 0 Å². The minimum absolute atomic E-state index is 0.0414. The van der Waals surface area contributed by atoms with Crippen LogP contribution in [-0.2, 0) is 27.7 Å². The number of carbonyl (C=O) groups is 1. The van der Waals surface area contributed by atoms with Gasteiger partial charge in [-0.1, -0.05) is 18.2 Å². The number of benzene rings is 2. The second kappa shape index (κ2) is 7.47. The molecule has 138 valence electrons. The average Bonchev–Trinajstić information content (AvgIpc) is 3.07. The maximum absolute atomic E-state index is 12.1. The van der Waals surface area contributed by atoms with E-state index >= 15 is 0 Å². The van der Waals surface area contributed by atoms with E-state index in [1.165, 1.54) is 29.7 Å². The number of fused-ring (bicyclic) bond motifs is 1. The molecular formula is C19H22N2O4S. The summed E-state index contributed by atoms with van der Waals surface area (Å²) in [5, 5.41) is 7.91. The van der Waals surface area contributed by atoms with Gasteiger partial charge in [-0.3, -0.25) is 4.79 Å². The second-order valence-corrected chi connectivity index (χ2v) is 8.04. The highest BCUT2D eigenvalue weighted by atomic mass is 32.2. The first kappa shape index (κ1) is 18.4. The van der Waals surface area contributed by atoms with Gasteiger partial charge in [-0.15, -0.1) is 0 Å². The molecule has 2 aromatic carbocycles. The summed E-state index contributed by atoms with van der Waals surface area (Å²) in [7, 11) is -3.72. The highest BCUT2D eigenvalue weighted by Crippen LogP contribution is 2.26. The Hall–Kier alpha value is -2.38. The number of amides is 1. The Labute approximate surface area is 153 Å². The van der Waals surface area contributed by atoms with Gasteiger partial charge in [-0.25, -0.2) is 13.6 Å². The number of rotatable bonds is 6. The predicted molar refractivity (Wildman–Crippen MR) is 98.3 cm³/mol. The van der Waals surface area contributed by atoms with Crippen LogP contribution >= 0.6 is 0 Å². The molecule has 0 saturated heterocycles. The molecule has 1 unspecified atom stereocenters. The zero-order chi connectivity index (χ0) is 18.7. The van der Waals surface area contributed by atoms with Gasteiger partial charge in [0.25, 0.3) is 5.91 Å². The van der Waals surface area contributed by atoms with E-state index in [0.29, 0.717) is 5.75 Å². The summed E-state index contributed by atoms with van der Waals surface area (Å²) in [5.74, 6) is 0.458. The van der Waals surface area contributed by atoms with Crippen molar-refractivity contribution in [2.45, 2.75) is 37.1 Å². The van der Waals surface area contributed by atoms with Crippen molar-refractivity contribution in [3.05, 3.63) is 59.2 Å². The maximum Gasteiger partial charge on any atom is 0.258 e. The molecule has 1 aliphatic rings. The van der Waals surface area contributed by atoms with E-state index in [9.17, 15) is 13.2 Å². The molecule has 6 nitrogen and oxygen atoms in total. The summed E-state index contributed by atoms with van der Waals surface area (Å²) < 4.78 is 28.1. The van der Waals surface area contributed by atoms with Crippen LogP contribution in [0.5, 0.6) is 5.75 Å². The van der Waals surface area contributed by atoms with Crippen molar-refractivity contribution < 1.29 is 17.9 Å². The number of primary sulfonamides is 1. The lowest BCUT2D eigenvalue weighted by atomic mass is 10.1. The largest absolute Gasteiger partial charge is 0.484 e. The minimum atomic E-state index is -3.72. The van der Waals surface area contributed by atoms with Gasteiger partial charge in [0.1, 0.15) is 5.75 Å². The number of ether oxygens (including phenoxy) is 1. The SMILES string of the molecule is CC(NC(=O)COc1ccc2c(c1)CCC2)c1ccc(S(N)(=O)=O)cc1. The fourth-order valence-corrected chi connectivity index (χ4v) is 3.61. The van der Waals surface area contributed by atoms with Crippen molar-refractivity contribution in [3.8, 4) is 5.75 Å². The monoisotopic (exact) mass is 374 g/mol. The molecule has 26 heavy (non-hydrogen) atoms. The van der Waals surface area contributed by atoms with Gasteiger partial charge >= 0.3 is 0 Å². The Kier molecular flexibility index (Phi) is 5.29. The van der Waals surface area contributed by atoms with Gasteiger partial charge in [-0.2, -0.15) is 0 Å². The van der Waals surface area contributed by atoms with Crippen molar-refractivity contribution in [2.75, 3.05) is 6.61 Å². The highest BCUT2D eigenvalue weighted by Gasteiger charge is 2.14. The number of sulfonamides is 1. The maximum atomic E-state index is 12.1. The Morgan fingerprint density at radius 1 is 1.15 bits per heavy atom. The molecule has 2 aromatic rings. The summed E-state index contributed by atoms with van der Waals surface area (Å²) in [6.45, 7) is 1.75. The lowest BCUT2D eigenvalue weighted by molar-refractivity contribution is -0.123. The molecule has 0 aliphatic heterocycles. The molecule has 1 aliphatic carbocycles. The van der Waals surface area contributed by atoms with Crippen LogP contribution in [0, 0.1) is 0 Å². The van der Waals surface area contributed by atoms with Crippen molar-refractivity contribution in [2.24, 2.45) is 5.14 Å². The van der Waals surface area contributed by atoms with Crippen molar-refractivity contribution in [1.82, 2.24) is 5.32 Å². The number of nitrogens with two attached hydrogens (primary N) is 1. The number of carbonyl (C=O) groups excluding carboxylic acids is 1. The van der Waals surface area contributed by atoms with Crippen LogP contribution in [0.1, 0.15) is 36.1 Å². The Morgan fingerprint density at radius 3 is 2.54 bits per heavy atom. The van der Waals surface area contributed by atoms with Crippen LogP contribution in [0.4, 0.5) is 0 Å². The summed E-state index contributed by atoms with van der Waals surface area (Å²) in [6, 6.07) is 11.8. The zero-order valence-electron chi connectivity index (χ0n) is 14.6. The van der Waals surface area contributed by atoms with E-state index in [1.807, 2.05) is 19.1 Å². The number of hydrogen-bond acceptors (Lipinski definition) is 4. The van der Waals surface area contributed by atoms with Crippen LogP contribution in [0.2, 0.25) is 0 Å². The molecule has 1 atom stereocenters. The fraction of sp³-hybridized carbons (Fsp3) is 0.316. The lowest BCUT2D eigenvalue weighted by Gasteiger charge is -2.15. The molecular weight excluding hydrogens is 352 g/mol. The van der Waals surface area contributed by atoms with Crippen LogP contribution in [0.25, 0.3) is 0 Å². The van der Waals surface area contributed by atoms with Crippen molar-refractivity contribution in [3.63, 3.8) is 0 Å². The molecule has 0 radical (unpaired) electrons. The molecule has 0 aromatic heterocycles. The molecule has 1 amide bonds. The predicted octanol–water partition coefficient (Wildman–Crippen LogP) is 2.08. The summed E-state index contributed by atoms with van der Waals surface area (Å²) in [5.41, 5.74) is 3.44. The quantitative estimate of drug-likeness (QED) is 0.809. The third-order valence-corrected chi connectivity index (χ3v) is 5.46. The average molecular weight is 374 g/mol.